The van der Waals surface area contributed by atoms with E-state index in [2.05, 4.69) is 10.3 Å². The number of aromatic nitrogens is 3. The molecular weight excluding hydrogens is 376 g/mol. The number of aryl methyl sites for hydroxylation is 1. The predicted octanol–water partition coefficient (Wildman–Crippen LogP) is 2.17. The van der Waals surface area contributed by atoms with E-state index in [-0.39, 0.29) is 17.9 Å². The van der Waals surface area contributed by atoms with Crippen LogP contribution in [0.2, 0.25) is 0 Å². The number of hydrogen-bond donors (Lipinski definition) is 1. The standard InChI is InChI=1S/C20H22N4O5/c1-28-12-10-23(14-16-5-4-11-29-16)19(25)9-8-15-13-24(22-21-15)18-7-3-2-6-17(18)20(26)27/h2-7,11,13H,8-10,12,14H2,1H3,(H,26,27). The molecule has 0 spiro atoms. The molecule has 0 atom stereocenters. The van der Waals surface area contributed by atoms with Gasteiger partial charge in [0.2, 0.25) is 5.91 Å². The van der Waals surface area contributed by atoms with Crippen molar-refractivity contribution in [3.63, 3.8) is 0 Å². The third-order valence-electron chi connectivity index (χ3n) is 4.36. The minimum atomic E-state index is -1.04. The fourth-order valence-corrected chi connectivity index (χ4v) is 2.86. The molecule has 3 aromatic rings. The number of furan rings is 1. The highest BCUT2D eigenvalue weighted by Gasteiger charge is 2.17. The predicted molar refractivity (Wildman–Crippen MR) is 103 cm³/mol. The van der Waals surface area contributed by atoms with Gasteiger partial charge in [-0.15, -0.1) is 5.10 Å². The summed E-state index contributed by atoms with van der Waals surface area (Å²) < 4.78 is 11.8. The summed E-state index contributed by atoms with van der Waals surface area (Å²) in [6.45, 7) is 1.25. The number of ether oxygens (including phenoxy) is 1. The Bertz CT molecular complexity index is 951. The lowest BCUT2D eigenvalue weighted by Crippen LogP contribution is -2.33. The second-order valence-electron chi connectivity index (χ2n) is 6.36. The first kappa shape index (κ1) is 20.3. The smallest absolute Gasteiger partial charge is 0.337 e. The van der Waals surface area contributed by atoms with Crippen molar-refractivity contribution in [2.24, 2.45) is 0 Å². The number of rotatable bonds is 10. The summed E-state index contributed by atoms with van der Waals surface area (Å²) in [5.41, 5.74) is 1.15. The van der Waals surface area contributed by atoms with E-state index in [9.17, 15) is 14.7 Å². The number of carbonyl (C=O) groups is 2. The van der Waals surface area contributed by atoms with Crippen LogP contribution in [-0.4, -0.2) is 57.1 Å². The molecule has 0 aliphatic rings. The Morgan fingerprint density at radius 2 is 2.07 bits per heavy atom. The fraction of sp³-hybridized carbons (Fsp3) is 0.300. The normalized spacial score (nSPS) is 10.8. The third kappa shape index (κ3) is 5.29. The lowest BCUT2D eigenvalue weighted by Gasteiger charge is -2.21. The Balaban J connectivity index is 1.64. The number of benzene rings is 1. The Kier molecular flexibility index (Phi) is 6.75. The molecule has 0 bridgehead atoms. The maximum atomic E-state index is 12.7. The van der Waals surface area contributed by atoms with Crippen LogP contribution in [0.3, 0.4) is 0 Å². The van der Waals surface area contributed by atoms with Crippen molar-refractivity contribution in [1.29, 1.82) is 0 Å². The highest BCUT2D eigenvalue weighted by atomic mass is 16.5. The Morgan fingerprint density at radius 1 is 1.24 bits per heavy atom. The van der Waals surface area contributed by atoms with Gasteiger partial charge in [-0.2, -0.15) is 0 Å². The Hall–Kier alpha value is -3.46. The van der Waals surface area contributed by atoms with Gasteiger partial charge in [-0.25, -0.2) is 9.48 Å². The summed E-state index contributed by atoms with van der Waals surface area (Å²) in [4.78, 5) is 25.7. The van der Waals surface area contributed by atoms with Gasteiger partial charge >= 0.3 is 5.97 Å². The lowest BCUT2D eigenvalue weighted by atomic mass is 10.2. The second-order valence-corrected chi connectivity index (χ2v) is 6.36. The zero-order valence-corrected chi connectivity index (χ0v) is 16.0. The number of carboxylic acids is 1. The van der Waals surface area contributed by atoms with Crippen LogP contribution < -0.4 is 0 Å². The van der Waals surface area contributed by atoms with Crippen molar-refractivity contribution in [3.8, 4) is 5.69 Å². The molecule has 0 aliphatic heterocycles. The number of amides is 1. The summed E-state index contributed by atoms with van der Waals surface area (Å²) in [5, 5.41) is 17.4. The first-order valence-electron chi connectivity index (χ1n) is 9.11. The first-order chi connectivity index (χ1) is 14.1. The summed E-state index contributed by atoms with van der Waals surface area (Å²) in [5.74, 6) is -0.399. The van der Waals surface area contributed by atoms with Gasteiger partial charge in [0.05, 0.1) is 42.6 Å². The van der Waals surface area contributed by atoms with Crippen molar-refractivity contribution in [1.82, 2.24) is 19.9 Å². The molecule has 9 heteroatoms. The molecule has 0 aliphatic carbocycles. The Morgan fingerprint density at radius 3 is 2.79 bits per heavy atom. The van der Waals surface area contributed by atoms with E-state index >= 15 is 0 Å². The zero-order chi connectivity index (χ0) is 20.6. The summed E-state index contributed by atoms with van der Waals surface area (Å²) in [6.07, 6.45) is 3.84. The molecule has 1 amide bonds. The highest BCUT2D eigenvalue weighted by Crippen LogP contribution is 2.15. The van der Waals surface area contributed by atoms with Gasteiger partial charge in [-0.3, -0.25) is 4.79 Å². The van der Waals surface area contributed by atoms with Crippen LogP contribution in [0.1, 0.15) is 28.2 Å². The van der Waals surface area contributed by atoms with Crippen molar-refractivity contribution >= 4 is 11.9 Å². The molecule has 0 saturated carbocycles. The molecule has 1 N–H and O–H groups in total. The van der Waals surface area contributed by atoms with E-state index < -0.39 is 5.97 Å². The van der Waals surface area contributed by atoms with Gasteiger partial charge in [0.1, 0.15) is 5.76 Å². The van der Waals surface area contributed by atoms with E-state index in [4.69, 9.17) is 9.15 Å². The molecule has 2 aromatic heterocycles. The molecule has 2 heterocycles. The van der Waals surface area contributed by atoms with Crippen LogP contribution in [-0.2, 0) is 22.5 Å². The maximum Gasteiger partial charge on any atom is 0.337 e. The third-order valence-corrected chi connectivity index (χ3v) is 4.36. The molecule has 0 unspecified atom stereocenters. The topological polar surface area (TPSA) is 111 Å². The largest absolute Gasteiger partial charge is 0.478 e. The summed E-state index contributed by atoms with van der Waals surface area (Å²) in [6, 6.07) is 10.1. The average Bonchev–Trinajstić information content (AvgIpc) is 3.41. The fourth-order valence-electron chi connectivity index (χ4n) is 2.86. The molecule has 29 heavy (non-hydrogen) atoms. The van der Waals surface area contributed by atoms with Crippen LogP contribution in [0.15, 0.2) is 53.3 Å². The Labute approximate surface area is 167 Å². The number of hydrogen-bond acceptors (Lipinski definition) is 6. The molecule has 1 aromatic carbocycles. The number of aromatic carboxylic acids is 1. The van der Waals surface area contributed by atoms with Crippen LogP contribution in [0, 0.1) is 0 Å². The van der Waals surface area contributed by atoms with Gasteiger partial charge in [-0.1, -0.05) is 17.3 Å². The van der Waals surface area contributed by atoms with Crippen LogP contribution in [0.25, 0.3) is 5.69 Å². The first-order valence-corrected chi connectivity index (χ1v) is 9.11. The molecule has 0 fully saturated rings. The van der Waals surface area contributed by atoms with Gasteiger partial charge in [0, 0.05) is 26.5 Å². The summed E-state index contributed by atoms with van der Waals surface area (Å²) >= 11 is 0. The van der Waals surface area contributed by atoms with E-state index in [1.54, 1.807) is 48.7 Å². The van der Waals surface area contributed by atoms with E-state index in [0.29, 0.717) is 43.3 Å². The molecule has 9 nitrogen and oxygen atoms in total. The van der Waals surface area contributed by atoms with Crippen LogP contribution in [0.4, 0.5) is 0 Å². The minimum Gasteiger partial charge on any atom is -0.478 e. The molecule has 152 valence electrons. The monoisotopic (exact) mass is 398 g/mol. The van der Waals surface area contributed by atoms with Crippen LogP contribution >= 0.6 is 0 Å². The number of carboxylic acid groups (broad SMARTS) is 1. The van der Waals surface area contributed by atoms with Crippen molar-refractivity contribution in [2.75, 3.05) is 20.3 Å². The second kappa shape index (κ2) is 9.65. The SMILES string of the molecule is COCCN(Cc1ccco1)C(=O)CCc1cn(-c2ccccc2C(=O)O)nn1. The molecule has 0 radical (unpaired) electrons. The number of methoxy groups -OCH3 is 1. The highest BCUT2D eigenvalue weighted by molar-refractivity contribution is 5.91. The van der Waals surface area contributed by atoms with E-state index in [0.717, 1.165) is 0 Å². The molecular formula is C20H22N4O5. The van der Waals surface area contributed by atoms with Gasteiger partial charge in [0.15, 0.2) is 0 Å². The average molecular weight is 398 g/mol. The minimum absolute atomic E-state index is 0.0565. The maximum absolute atomic E-state index is 12.7. The van der Waals surface area contributed by atoms with Gasteiger partial charge in [0.25, 0.3) is 0 Å². The van der Waals surface area contributed by atoms with Gasteiger partial charge < -0.3 is 19.2 Å². The quantitative estimate of drug-likeness (QED) is 0.557. The van der Waals surface area contributed by atoms with Crippen molar-refractivity contribution in [2.45, 2.75) is 19.4 Å². The molecule has 0 saturated heterocycles. The number of nitrogens with zero attached hydrogens (tertiary/aromatic N) is 4. The number of carbonyl (C=O) groups excluding carboxylic acids is 1. The van der Waals surface area contributed by atoms with E-state index in [1.165, 1.54) is 10.7 Å². The van der Waals surface area contributed by atoms with Crippen LogP contribution in [0.5, 0.6) is 0 Å². The number of para-hydroxylation sites is 1. The zero-order valence-electron chi connectivity index (χ0n) is 16.0. The van der Waals surface area contributed by atoms with Crippen molar-refractivity contribution in [3.05, 3.63) is 65.9 Å². The van der Waals surface area contributed by atoms with E-state index in [1.807, 2.05) is 6.07 Å². The summed E-state index contributed by atoms with van der Waals surface area (Å²) in [7, 11) is 1.59. The lowest BCUT2D eigenvalue weighted by molar-refractivity contribution is -0.132. The van der Waals surface area contributed by atoms with Crippen molar-refractivity contribution < 1.29 is 23.8 Å². The molecule has 3 rings (SSSR count). The van der Waals surface area contributed by atoms with Gasteiger partial charge in [-0.05, 0) is 24.3 Å².